The van der Waals surface area contributed by atoms with Gasteiger partial charge in [0, 0.05) is 0 Å². The molecule has 1 nitrogen and oxygen atoms in total. The highest BCUT2D eigenvalue weighted by atomic mass is 15.1. The van der Waals surface area contributed by atoms with Crippen LogP contribution in [0.15, 0.2) is 0 Å². The van der Waals surface area contributed by atoms with Crippen LogP contribution < -0.4 is 0 Å². The largest absolute Gasteiger partial charge is 0.306 e. The molecule has 0 bridgehead atoms. The summed E-state index contributed by atoms with van der Waals surface area (Å²) in [4.78, 5) is 2.39. The second-order valence-corrected chi connectivity index (χ2v) is 4.40. The first-order chi connectivity index (χ1) is 5.79. The molecule has 0 amide bonds. The van der Waals surface area contributed by atoms with Crippen LogP contribution in [0.2, 0.25) is 0 Å². The van der Waals surface area contributed by atoms with E-state index < -0.39 is 0 Å². The average Bonchev–Trinajstić information content (AvgIpc) is 2.04. The molecule has 1 saturated heterocycles. The van der Waals surface area contributed by atoms with Gasteiger partial charge in [0.15, 0.2) is 0 Å². The molecule has 1 heterocycles. The molecule has 0 aromatic heterocycles. The van der Waals surface area contributed by atoms with Gasteiger partial charge in [0.25, 0.3) is 0 Å². The summed E-state index contributed by atoms with van der Waals surface area (Å²) in [5.74, 6) is 1.06. The lowest BCUT2D eigenvalue weighted by Crippen LogP contribution is -2.24. The van der Waals surface area contributed by atoms with Gasteiger partial charge in [-0.3, -0.25) is 0 Å². The van der Waals surface area contributed by atoms with Crippen molar-refractivity contribution in [2.24, 2.45) is 5.92 Å². The maximum Gasteiger partial charge on any atom is -0.00218 e. The maximum absolute atomic E-state index is 2.39. The number of likely N-dealkylation sites (tertiary alicyclic amines) is 1. The van der Waals surface area contributed by atoms with Crippen LogP contribution in [0.5, 0.6) is 0 Å². The van der Waals surface area contributed by atoms with Gasteiger partial charge in [-0.15, -0.1) is 0 Å². The van der Waals surface area contributed by atoms with Crippen molar-refractivity contribution in [1.82, 2.24) is 4.90 Å². The summed E-state index contributed by atoms with van der Waals surface area (Å²) in [5.41, 5.74) is 0. The van der Waals surface area contributed by atoms with Gasteiger partial charge in [-0.2, -0.15) is 0 Å². The minimum Gasteiger partial charge on any atom is -0.306 e. The summed E-state index contributed by atoms with van der Waals surface area (Å²) in [5, 5.41) is 0. The van der Waals surface area contributed by atoms with Crippen molar-refractivity contribution in [3.8, 4) is 0 Å². The van der Waals surface area contributed by atoms with Gasteiger partial charge in [-0.1, -0.05) is 40.0 Å². The zero-order valence-electron chi connectivity index (χ0n) is 8.68. The summed E-state index contributed by atoms with van der Waals surface area (Å²) >= 11 is 0. The number of piperidine rings is 1. The predicted octanol–water partition coefficient (Wildman–Crippen LogP) is 3.54. The summed E-state index contributed by atoms with van der Waals surface area (Å²) in [6.07, 6.45) is 8.73. The summed E-state index contributed by atoms with van der Waals surface area (Å²) in [7, 11) is 2.19. The fourth-order valence-electron chi connectivity index (χ4n) is 1.66. The van der Waals surface area contributed by atoms with Crippen molar-refractivity contribution in [2.75, 3.05) is 20.1 Å². The molecule has 1 aliphatic heterocycles. The molecule has 0 N–H and O–H groups in total. The van der Waals surface area contributed by atoms with Crippen LogP contribution in [0.25, 0.3) is 0 Å². The quantitative estimate of drug-likeness (QED) is 0.558. The number of rotatable bonds is 0. The Labute approximate surface area is 84.5 Å². The van der Waals surface area contributed by atoms with Crippen molar-refractivity contribution < 1.29 is 0 Å². The van der Waals surface area contributed by atoms with Crippen LogP contribution in [0.1, 0.15) is 52.9 Å². The molecule has 2 fully saturated rings. The molecule has 2 aliphatic rings. The second kappa shape index (κ2) is 7.37. The minimum atomic E-state index is 0. The van der Waals surface area contributed by atoms with E-state index in [0.29, 0.717) is 0 Å². The number of hydrogen-bond donors (Lipinski definition) is 0. The van der Waals surface area contributed by atoms with Gasteiger partial charge >= 0.3 is 0 Å². The molecule has 0 radical (unpaired) electrons. The highest BCUT2D eigenvalue weighted by Crippen LogP contribution is 2.24. The van der Waals surface area contributed by atoms with Crippen LogP contribution in [0.4, 0.5) is 0 Å². The van der Waals surface area contributed by atoms with Crippen molar-refractivity contribution in [1.29, 1.82) is 0 Å². The van der Waals surface area contributed by atoms with E-state index >= 15 is 0 Å². The third-order valence-electron chi connectivity index (χ3n) is 2.97. The first-order valence-corrected chi connectivity index (χ1v) is 5.47. The van der Waals surface area contributed by atoms with E-state index in [1.165, 1.54) is 51.6 Å². The molecule has 80 valence electrons. The molecule has 0 atom stereocenters. The average molecular weight is 185 g/mol. The summed E-state index contributed by atoms with van der Waals surface area (Å²) < 4.78 is 0. The molecule has 0 aromatic carbocycles. The molecular weight excluding hydrogens is 158 g/mol. The highest BCUT2D eigenvalue weighted by molar-refractivity contribution is 4.62. The first-order valence-electron chi connectivity index (χ1n) is 5.47. The Bertz CT molecular complexity index is 102. The Balaban J connectivity index is 0.000000215. The van der Waals surface area contributed by atoms with E-state index in [1.54, 1.807) is 0 Å². The van der Waals surface area contributed by atoms with Crippen molar-refractivity contribution in [3.05, 3.63) is 0 Å². The van der Waals surface area contributed by atoms with Crippen molar-refractivity contribution in [3.63, 3.8) is 0 Å². The standard InChI is InChI=1S/C6H13N.C5H10.CH4/c1-7-5-3-2-4-6-7;1-5-3-2-4-5;/h2-6H2,1H3;5H,2-4H2,1H3;1H4. The minimum absolute atomic E-state index is 0. The van der Waals surface area contributed by atoms with Crippen molar-refractivity contribution in [2.45, 2.75) is 52.9 Å². The maximum atomic E-state index is 2.39. The Morgan fingerprint density at radius 2 is 1.38 bits per heavy atom. The number of nitrogens with zero attached hydrogens (tertiary/aromatic N) is 1. The molecule has 1 saturated carbocycles. The van der Waals surface area contributed by atoms with Gasteiger partial charge in [0.1, 0.15) is 0 Å². The van der Waals surface area contributed by atoms with E-state index in [4.69, 9.17) is 0 Å². The highest BCUT2D eigenvalue weighted by Gasteiger charge is 2.09. The van der Waals surface area contributed by atoms with Crippen LogP contribution in [-0.2, 0) is 0 Å². The molecule has 13 heavy (non-hydrogen) atoms. The van der Waals surface area contributed by atoms with Gasteiger partial charge < -0.3 is 4.90 Å². The lowest BCUT2D eigenvalue weighted by atomic mass is 9.88. The molecule has 1 aliphatic carbocycles. The molecule has 0 aromatic rings. The van der Waals surface area contributed by atoms with Gasteiger partial charge in [-0.25, -0.2) is 0 Å². The monoisotopic (exact) mass is 185 g/mol. The van der Waals surface area contributed by atoms with Gasteiger partial charge in [0.2, 0.25) is 0 Å². The van der Waals surface area contributed by atoms with E-state index in [1.807, 2.05) is 0 Å². The smallest absolute Gasteiger partial charge is 0.00218 e. The predicted molar refractivity (Wildman–Crippen MR) is 61.1 cm³/mol. The third-order valence-corrected chi connectivity index (χ3v) is 2.97. The van der Waals surface area contributed by atoms with Crippen molar-refractivity contribution >= 4 is 0 Å². The Morgan fingerprint density at radius 3 is 1.54 bits per heavy atom. The normalized spacial score (nSPS) is 23.5. The van der Waals surface area contributed by atoms with Gasteiger partial charge in [-0.05, 0) is 38.9 Å². The number of hydrogen-bond acceptors (Lipinski definition) is 1. The zero-order valence-corrected chi connectivity index (χ0v) is 8.68. The first kappa shape index (κ1) is 13.0. The molecule has 2 rings (SSSR count). The van der Waals surface area contributed by atoms with Crippen LogP contribution >= 0.6 is 0 Å². The molecular formula is C12H27N. The Kier molecular flexibility index (Phi) is 7.35. The Morgan fingerprint density at radius 1 is 0.923 bits per heavy atom. The summed E-state index contributed by atoms with van der Waals surface area (Å²) in [6, 6.07) is 0. The van der Waals surface area contributed by atoms with Crippen LogP contribution in [0, 0.1) is 5.92 Å². The van der Waals surface area contributed by atoms with E-state index in [9.17, 15) is 0 Å². The summed E-state index contributed by atoms with van der Waals surface area (Å²) in [6.45, 7) is 4.95. The molecule has 0 spiro atoms. The van der Waals surface area contributed by atoms with Crippen LogP contribution in [0.3, 0.4) is 0 Å². The van der Waals surface area contributed by atoms with E-state index in [-0.39, 0.29) is 7.43 Å². The van der Waals surface area contributed by atoms with Crippen LogP contribution in [-0.4, -0.2) is 25.0 Å². The molecule has 0 unspecified atom stereocenters. The zero-order chi connectivity index (χ0) is 8.81. The third kappa shape index (κ3) is 6.09. The fourth-order valence-corrected chi connectivity index (χ4v) is 1.66. The van der Waals surface area contributed by atoms with Gasteiger partial charge in [0.05, 0.1) is 0 Å². The SMILES string of the molecule is C.CC1CCC1.CN1CCCCC1. The topological polar surface area (TPSA) is 3.24 Å². The van der Waals surface area contributed by atoms with E-state index in [2.05, 4.69) is 18.9 Å². The van der Waals surface area contributed by atoms with E-state index in [0.717, 1.165) is 5.92 Å². The lowest BCUT2D eigenvalue weighted by Gasteiger charge is -2.20. The fraction of sp³-hybridized carbons (Fsp3) is 1.00. The second-order valence-electron chi connectivity index (χ2n) is 4.40. The Hall–Kier alpha value is -0.0400. The lowest BCUT2D eigenvalue weighted by molar-refractivity contribution is 0.277. The molecule has 1 heteroatoms.